The van der Waals surface area contributed by atoms with Gasteiger partial charge in [-0.2, -0.15) is 18.3 Å². The van der Waals surface area contributed by atoms with E-state index in [1.54, 1.807) is 29.1 Å². The first kappa shape index (κ1) is 31.5. The smallest absolute Gasteiger partial charge is 0.475 e. The number of amides is 2. The second-order valence-corrected chi connectivity index (χ2v) is 10.0. The van der Waals surface area contributed by atoms with Gasteiger partial charge in [0.2, 0.25) is 5.91 Å². The van der Waals surface area contributed by atoms with Crippen LogP contribution in [0.4, 0.5) is 30.4 Å². The minimum atomic E-state index is -5.08. The molecule has 2 aliphatic rings. The van der Waals surface area contributed by atoms with E-state index in [2.05, 4.69) is 25.9 Å². The van der Waals surface area contributed by atoms with Crippen LogP contribution in [-0.2, 0) is 14.3 Å². The third-order valence-electron chi connectivity index (χ3n) is 6.94. The molecule has 2 saturated heterocycles. The number of carboxylic acid groups (broad SMARTS) is 1. The molecule has 0 spiro atoms. The van der Waals surface area contributed by atoms with Gasteiger partial charge in [0, 0.05) is 42.5 Å². The summed E-state index contributed by atoms with van der Waals surface area (Å²) in [7, 11) is 0. The molecular weight excluding hydrogens is 569 g/mol. The molecule has 2 aliphatic heterocycles. The summed E-state index contributed by atoms with van der Waals surface area (Å²) in [5.74, 6) is -1.99. The number of nitrogens with zero attached hydrogens (tertiary/aromatic N) is 3. The van der Waals surface area contributed by atoms with E-state index in [4.69, 9.17) is 14.6 Å². The van der Waals surface area contributed by atoms with Gasteiger partial charge in [-0.05, 0) is 74.3 Å². The Labute approximate surface area is 246 Å². The highest BCUT2D eigenvalue weighted by Crippen LogP contribution is 2.22. The van der Waals surface area contributed by atoms with Crippen LogP contribution in [0.15, 0.2) is 60.8 Å². The van der Waals surface area contributed by atoms with Crippen molar-refractivity contribution in [1.82, 2.24) is 15.1 Å². The predicted molar refractivity (Wildman–Crippen MR) is 154 cm³/mol. The molecule has 4 N–H and O–H groups in total. The van der Waals surface area contributed by atoms with Crippen LogP contribution in [0, 0.1) is 5.92 Å². The highest BCUT2D eigenvalue weighted by atomic mass is 19.4. The van der Waals surface area contributed by atoms with Gasteiger partial charge in [0.1, 0.15) is 5.82 Å². The zero-order valence-electron chi connectivity index (χ0n) is 23.3. The zero-order valence-corrected chi connectivity index (χ0v) is 23.3. The number of ether oxygens (including phenoxy) is 1. The molecular formula is C29H33F3N6O5. The predicted octanol–water partition coefficient (Wildman–Crippen LogP) is 3.92. The summed E-state index contributed by atoms with van der Waals surface area (Å²) >= 11 is 0. The highest BCUT2D eigenvalue weighted by Gasteiger charge is 2.38. The molecule has 0 saturated carbocycles. The molecule has 2 fully saturated rings. The van der Waals surface area contributed by atoms with E-state index in [1.165, 1.54) is 0 Å². The molecule has 0 aliphatic carbocycles. The fraction of sp³-hybridized carbons (Fsp3) is 0.379. The van der Waals surface area contributed by atoms with Crippen molar-refractivity contribution in [3.8, 4) is 5.69 Å². The lowest BCUT2D eigenvalue weighted by Crippen LogP contribution is -2.36. The summed E-state index contributed by atoms with van der Waals surface area (Å²) in [5.41, 5.74) is 3.05. The summed E-state index contributed by atoms with van der Waals surface area (Å²) in [6.07, 6.45) is -0.915. The number of benzene rings is 2. The number of aliphatic carboxylic acids is 1. The maximum absolute atomic E-state index is 13.0. The monoisotopic (exact) mass is 602 g/mol. The van der Waals surface area contributed by atoms with Crippen molar-refractivity contribution in [2.75, 3.05) is 54.9 Å². The summed E-state index contributed by atoms with van der Waals surface area (Å²) in [6.45, 7) is 5.12. The van der Waals surface area contributed by atoms with Crippen molar-refractivity contribution < 1.29 is 37.4 Å². The second-order valence-electron chi connectivity index (χ2n) is 10.0. The average Bonchev–Trinajstić information content (AvgIpc) is 3.46. The zero-order chi connectivity index (χ0) is 30.8. The number of hydrogen-bond acceptors (Lipinski definition) is 7. The molecule has 0 unspecified atom stereocenters. The summed E-state index contributed by atoms with van der Waals surface area (Å²) in [4.78, 5) is 36.7. The molecule has 3 aromatic rings. The Morgan fingerprint density at radius 1 is 0.977 bits per heavy atom. The first-order valence-electron chi connectivity index (χ1n) is 13.8. The molecule has 43 heavy (non-hydrogen) atoms. The molecule has 14 heteroatoms. The van der Waals surface area contributed by atoms with Crippen molar-refractivity contribution >= 4 is 35.0 Å². The first-order chi connectivity index (χ1) is 20.6. The van der Waals surface area contributed by atoms with Crippen molar-refractivity contribution in [3.05, 3.63) is 66.4 Å². The number of morpholine rings is 1. The summed E-state index contributed by atoms with van der Waals surface area (Å²) < 4.78 is 38.8. The third-order valence-corrected chi connectivity index (χ3v) is 6.94. The van der Waals surface area contributed by atoms with E-state index >= 15 is 0 Å². The molecule has 0 atom stereocenters. The number of carboxylic acids is 1. The van der Waals surface area contributed by atoms with Gasteiger partial charge in [0.05, 0.1) is 25.1 Å². The molecule has 2 amide bonds. The van der Waals surface area contributed by atoms with E-state index in [0.29, 0.717) is 29.4 Å². The van der Waals surface area contributed by atoms with Crippen LogP contribution in [0.25, 0.3) is 5.69 Å². The molecule has 5 rings (SSSR count). The number of piperidine rings is 1. The van der Waals surface area contributed by atoms with Crippen LogP contribution in [0.5, 0.6) is 0 Å². The molecule has 11 nitrogen and oxygen atoms in total. The number of rotatable bonds is 7. The number of anilines is 3. The summed E-state index contributed by atoms with van der Waals surface area (Å²) in [5, 5.41) is 20.8. The number of carbonyl (C=O) groups excluding carboxylic acids is 2. The highest BCUT2D eigenvalue weighted by molar-refractivity contribution is 6.04. The maximum atomic E-state index is 13.0. The van der Waals surface area contributed by atoms with Crippen LogP contribution >= 0.6 is 0 Å². The molecule has 2 aromatic carbocycles. The number of hydrogen-bond donors (Lipinski definition) is 4. The van der Waals surface area contributed by atoms with Gasteiger partial charge >= 0.3 is 12.1 Å². The van der Waals surface area contributed by atoms with E-state index in [-0.39, 0.29) is 11.8 Å². The Hall–Kier alpha value is -4.43. The van der Waals surface area contributed by atoms with Crippen molar-refractivity contribution in [3.63, 3.8) is 0 Å². The lowest BCUT2D eigenvalue weighted by atomic mass is 9.94. The van der Waals surface area contributed by atoms with Crippen LogP contribution in [-0.4, -0.2) is 78.2 Å². The number of alkyl halides is 3. The Kier molecular flexibility index (Phi) is 10.7. The first-order valence-corrected chi connectivity index (χ1v) is 13.8. The Morgan fingerprint density at radius 3 is 2.30 bits per heavy atom. The standard InChI is InChI=1S/C27H32N6O3.C2HF3O2/c34-26(18-20-8-11-28-12-9-20)31-25-10-13-29-33(25)24-3-1-2-21(19-24)27(35)30-22-4-6-23(7-5-22)32-14-16-36-17-15-32;3-2(4,5)1(6)7/h1-7,10,13,19-20,28H,8-9,11-12,14-18H2,(H,30,35)(H,31,34);(H,6,7). The second kappa shape index (κ2) is 14.6. The van der Waals surface area contributed by atoms with Crippen LogP contribution in [0.2, 0.25) is 0 Å². The quantitative estimate of drug-likeness (QED) is 0.319. The van der Waals surface area contributed by atoms with E-state index in [9.17, 15) is 22.8 Å². The average molecular weight is 603 g/mol. The normalized spacial score (nSPS) is 15.7. The van der Waals surface area contributed by atoms with E-state index in [1.807, 2.05) is 36.4 Å². The van der Waals surface area contributed by atoms with Gasteiger partial charge in [-0.15, -0.1) is 0 Å². The van der Waals surface area contributed by atoms with Gasteiger partial charge in [-0.25, -0.2) is 9.48 Å². The van der Waals surface area contributed by atoms with Crippen molar-refractivity contribution in [2.45, 2.75) is 25.4 Å². The Bertz CT molecular complexity index is 1380. The van der Waals surface area contributed by atoms with Gasteiger partial charge in [0.15, 0.2) is 0 Å². The molecule has 0 bridgehead atoms. The maximum Gasteiger partial charge on any atom is 0.490 e. The van der Waals surface area contributed by atoms with Gasteiger partial charge in [0.25, 0.3) is 5.91 Å². The number of aromatic nitrogens is 2. The van der Waals surface area contributed by atoms with Gasteiger partial charge in [-0.3, -0.25) is 9.59 Å². The van der Waals surface area contributed by atoms with Crippen molar-refractivity contribution in [1.29, 1.82) is 0 Å². The molecule has 0 radical (unpaired) electrons. The van der Waals surface area contributed by atoms with Gasteiger partial charge in [-0.1, -0.05) is 6.07 Å². The lowest BCUT2D eigenvalue weighted by Gasteiger charge is -2.28. The lowest BCUT2D eigenvalue weighted by molar-refractivity contribution is -0.192. The topological polar surface area (TPSA) is 138 Å². The minimum absolute atomic E-state index is 0.0157. The Morgan fingerprint density at radius 2 is 1.65 bits per heavy atom. The van der Waals surface area contributed by atoms with Crippen LogP contribution in [0.3, 0.4) is 0 Å². The van der Waals surface area contributed by atoms with Gasteiger partial charge < -0.3 is 30.7 Å². The third kappa shape index (κ3) is 9.28. The number of nitrogens with one attached hydrogen (secondary N) is 3. The van der Waals surface area contributed by atoms with Crippen LogP contribution in [0.1, 0.15) is 29.6 Å². The van der Waals surface area contributed by atoms with E-state index < -0.39 is 12.1 Å². The fourth-order valence-corrected chi connectivity index (χ4v) is 4.70. The van der Waals surface area contributed by atoms with Crippen molar-refractivity contribution in [2.24, 2.45) is 5.92 Å². The molecule has 230 valence electrons. The van der Waals surface area contributed by atoms with E-state index in [0.717, 1.165) is 63.6 Å². The fourth-order valence-electron chi connectivity index (χ4n) is 4.70. The number of carbonyl (C=O) groups is 3. The Balaban J connectivity index is 0.000000541. The largest absolute Gasteiger partial charge is 0.490 e. The molecule has 1 aromatic heterocycles. The minimum Gasteiger partial charge on any atom is -0.475 e. The SMILES string of the molecule is O=C(CC1CCNCC1)Nc1ccnn1-c1cccc(C(=O)Nc2ccc(N3CCOCC3)cc2)c1.O=C(O)C(F)(F)F. The summed E-state index contributed by atoms with van der Waals surface area (Å²) in [6, 6.07) is 16.8. The number of halogens is 3. The van der Waals surface area contributed by atoms with Crippen LogP contribution < -0.4 is 20.9 Å². The molecule has 3 heterocycles.